The summed E-state index contributed by atoms with van der Waals surface area (Å²) in [5, 5.41) is 26.7. The molecule has 2 atom stereocenters. The topological polar surface area (TPSA) is 59.3 Å². The molecular weight excluding hydrogens is 386 g/mol. The molecule has 5 rings (SSSR count). The number of likely N-dealkylation sites (N-methyl/N-ethyl adjacent to an activating group) is 1. The third-order valence-electron chi connectivity index (χ3n) is 5.98. The molecule has 156 valence electrons. The van der Waals surface area contributed by atoms with Crippen LogP contribution in [0, 0.1) is 5.92 Å². The summed E-state index contributed by atoms with van der Waals surface area (Å²) in [6, 6.07) is 25.0. The Morgan fingerprint density at radius 3 is 2.19 bits per heavy atom. The van der Waals surface area contributed by atoms with Crippen molar-refractivity contribution in [3.05, 3.63) is 95.6 Å². The minimum atomic E-state index is 0.0453. The van der Waals surface area contributed by atoms with Crippen LogP contribution in [0.3, 0.4) is 0 Å². The Morgan fingerprint density at radius 1 is 0.871 bits per heavy atom. The lowest BCUT2D eigenvalue weighted by molar-refractivity contribution is 0.303. The molecular formula is C26H25N3O2. The van der Waals surface area contributed by atoms with Crippen LogP contribution in [0.25, 0.3) is 6.08 Å². The van der Waals surface area contributed by atoms with Gasteiger partial charge >= 0.3 is 0 Å². The van der Waals surface area contributed by atoms with Gasteiger partial charge in [-0.25, -0.2) is 0 Å². The Hall–Kier alpha value is -3.57. The molecule has 2 aliphatic heterocycles. The fourth-order valence-corrected chi connectivity index (χ4v) is 4.57. The van der Waals surface area contributed by atoms with Gasteiger partial charge in [-0.3, -0.25) is 5.01 Å². The highest BCUT2D eigenvalue weighted by atomic mass is 16.3. The standard InChI is InChI=1S/C26H25N3O2/c1-28-16-20(15-18-7-11-22(30)12-8-18)25-24(17-28)26(19-9-13-23(31)14-10-19)29(27-25)21-5-3-2-4-6-21/h2-15,24,26,30-31H,16-17H2,1H3/b20-15+. The first kappa shape index (κ1) is 19.4. The number of nitrogens with zero attached hydrogens (tertiary/aromatic N) is 3. The van der Waals surface area contributed by atoms with Crippen LogP contribution in [0.2, 0.25) is 0 Å². The van der Waals surface area contributed by atoms with Crippen molar-refractivity contribution in [2.75, 3.05) is 25.1 Å². The number of benzene rings is 3. The molecule has 5 heteroatoms. The van der Waals surface area contributed by atoms with Gasteiger partial charge in [0, 0.05) is 19.0 Å². The van der Waals surface area contributed by atoms with E-state index in [4.69, 9.17) is 5.10 Å². The van der Waals surface area contributed by atoms with Crippen molar-refractivity contribution >= 4 is 17.5 Å². The molecule has 0 spiro atoms. The summed E-state index contributed by atoms with van der Waals surface area (Å²) in [6.45, 7) is 1.72. The van der Waals surface area contributed by atoms with Crippen LogP contribution < -0.4 is 5.01 Å². The van der Waals surface area contributed by atoms with E-state index in [1.54, 1.807) is 24.3 Å². The van der Waals surface area contributed by atoms with Crippen LogP contribution in [0.1, 0.15) is 17.2 Å². The van der Waals surface area contributed by atoms with E-state index in [2.05, 4.69) is 35.2 Å². The van der Waals surface area contributed by atoms with E-state index in [0.717, 1.165) is 35.6 Å². The maximum atomic E-state index is 9.81. The molecule has 1 saturated heterocycles. The summed E-state index contributed by atoms with van der Waals surface area (Å²) >= 11 is 0. The molecule has 5 nitrogen and oxygen atoms in total. The highest BCUT2D eigenvalue weighted by Crippen LogP contribution is 2.43. The van der Waals surface area contributed by atoms with Gasteiger partial charge in [0.15, 0.2) is 0 Å². The summed E-state index contributed by atoms with van der Waals surface area (Å²) in [7, 11) is 2.14. The quantitative estimate of drug-likeness (QED) is 0.658. The molecule has 1 fully saturated rings. The van der Waals surface area contributed by atoms with Crippen molar-refractivity contribution in [3.63, 3.8) is 0 Å². The van der Waals surface area contributed by atoms with Gasteiger partial charge in [-0.05, 0) is 66.2 Å². The minimum absolute atomic E-state index is 0.0453. The first-order valence-electron chi connectivity index (χ1n) is 10.5. The van der Waals surface area contributed by atoms with Crippen LogP contribution in [0.4, 0.5) is 5.69 Å². The second-order valence-electron chi connectivity index (χ2n) is 8.27. The van der Waals surface area contributed by atoms with E-state index >= 15 is 0 Å². The molecule has 0 aromatic heterocycles. The number of aromatic hydroxyl groups is 2. The molecule has 0 saturated carbocycles. The van der Waals surface area contributed by atoms with Gasteiger partial charge in [0.25, 0.3) is 0 Å². The Labute approximate surface area is 182 Å². The summed E-state index contributed by atoms with van der Waals surface area (Å²) in [5.74, 6) is 0.733. The lowest BCUT2D eigenvalue weighted by atomic mass is 9.83. The third kappa shape index (κ3) is 3.80. The Balaban J connectivity index is 1.60. The summed E-state index contributed by atoms with van der Waals surface area (Å²) in [5.41, 5.74) is 5.52. The molecule has 3 aromatic rings. The monoisotopic (exact) mass is 411 g/mol. The molecule has 2 N–H and O–H groups in total. The van der Waals surface area contributed by atoms with Crippen LogP contribution in [0.5, 0.6) is 11.5 Å². The van der Waals surface area contributed by atoms with Crippen molar-refractivity contribution in [1.29, 1.82) is 0 Å². The number of phenolic OH excluding ortho intramolecular Hbond substituents is 2. The smallest absolute Gasteiger partial charge is 0.115 e. The normalized spacial score (nSPS) is 22.4. The Bertz CT molecular complexity index is 1120. The Kier molecular flexibility index (Phi) is 4.96. The number of anilines is 1. The van der Waals surface area contributed by atoms with E-state index < -0.39 is 0 Å². The number of piperidine rings is 1. The number of hydrogen-bond acceptors (Lipinski definition) is 5. The SMILES string of the molecule is CN1C/C(=C\c2ccc(O)cc2)C2=NN(c3ccccc3)C(c3ccc(O)cc3)C2C1. The lowest BCUT2D eigenvalue weighted by Crippen LogP contribution is -2.41. The number of fused-ring (bicyclic) bond motifs is 1. The maximum absolute atomic E-state index is 9.81. The lowest BCUT2D eigenvalue weighted by Gasteiger charge is -2.34. The van der Waals surface area contributed by atoms with E-state index in [9.17, 15) is 10.2 Å². The molecule has 0 bridgehead atoms. The van der Waals surface area contributed by atoms with Crippen molar-refractivity contribution in [3.8, 4) is 11.5 Å². The highest BCUT2D eigenvalue weighted by Gasteiger charge is 2.43. The summed E-state index contributed by atoms with van der Waals surface area (Å²) in [4.78, 5) is 2.33. The zero-order valence-corrected chi connectivity index (χ0v) is 17.4. The zero-order chi connectivity index (χ0) is 21.4. The second kappa shape index (κ2) is 7.93. The average molecular weight is 412 g/mol. The van der Waals surface area contributed by atoms with Crippen LogP contribution in [-0.2, 0) is 0 Å². The van der Waals surface area contributed by atoms with Crippen LogP contribution in [-0.4, -0.2) is 41.0 Å². The molecule has 3 aromatic carbocycles. The fourth-order valence-electron chi connectivity index (χ4n) is 4.57. The molecule has 2 aliphatic rings. The number of hydrazone groups is 1. The van der Waals surface area contributed by atoms with E-state index in [1.807, 2.05) is 42.5 Å². The van der Waals surface area contributed by atoms with Gasteiger partial charge in [-0.15, -0.1) is 0 Å². The summed E-state index contributed by atoms with van der Waals surface area (Å²) in [6.07, 6.45) is 2.17. The first-order chi connectivity index (χ1) is 15.1. The van der Waals surface area contributed by atoms with Gasteiger partial charge in [-0.2, -0.15) is 5.10 Å². The first-order valence-corrected chi connectivity index (χ1v) is 10.5. The molecule has 2 unspecified atom stereocenters. The predicted octanol–water partition coefficient (Wildman–Crippen LogP) is 4.66. The third-order valence-corrected chi connectivity index (χ3v) is 5.98. The van der Waals surface area contributed by atoms with Gasteiger partial charge < -0.3 is 15.1 Å². The van der Waals surface area contributed by atoms with E-state index in [0.29, 0.717) is 0 Å². The van der Waals surface area contributed by atoms with Crippen LogP contribution in [0.15, 0.2) is 89.5 Å². The minimum Gasteiger partial charge on any atom is -0.508 e. The zero-order valence-electron chi connectivity index (χ0n) is 17.4. The predicted molar refractivity (Wildman–Crippen MR) is 124 cm³/mol. The maximum Gasteiger partial charge on any atom is 0.115 e. The number of likely N-dealkylation sites (tertiary alicyclic amines) is 1. The number of rotatable bonds is 3. The molecule has 0 aliphatic carbocycles. The van der Waals surface area contributed by atoms with Crippen molar-refractivity contribution in [2.45, 2.75) is 6.04 Å². The van der Waals surface area contributed by atoms with E-state index in [-0.39, 0.29) is 23.5 Å². The van der Waals surface area contributed by atoms with E-state index in [1.165, 1.54) is 5.57 Å². The largest absolute Gasteiger partial charge is 0.508 e. The molecule has 2 heterocycles. The highest BCUT2D eigenvalue weighted by molar-refractivity contribution is 6.09. The number of para-hydroxylation sites is 1. The average Bonchev–Trinajstić information content (AvgIpc) is 3.16. The second-order valence-corrected chi connectivity index (χ2v) is 8.27. The summed E-state index contributed by atoms with van der Waals surface area (Å²) < 4.78 is 0. The van der Waals surface area contributed by atoms with Gasteiger partial charge in [0.2, 0.25) is 0 Å². The number of phenols is 2. The fraction of sp³-hybridized carbons (Fsp3) is 0.192. The van der Waals surface area contributed by atoms with Crippen LogP contribution >= 0.6 is 0 Å². The molecule has 0 amide bonds. The number of hydrogen-bond donors (Lipinski definition) is 2. The molecule has 0 radical (unpaired) electrons. The van der Waals surface area contributed by atoms with Gasteiger partial charge in [0.05, 0.1) is 17.4 Å². The van der Waals surface area contributed by atoms with Crippen molar-refractivity contribution < 1.29 is 10.2 Å². The van der Waals surface area contributed by atoms with Crippen molar-refractivity contribution in [2.24, 2.45) is 11.0 Å². The van der Waals surface area contributed by atoms with Gasteiger partial charge in [-0.1, -0.05) is 42.5 Å². The van der Waals surface area contributed by atoms with Gasteiger partial charge in [0.1, 0.15) is 11.5 Å². The Morgan fingerprint density at radius 2 is 1.52 bits per heavy atom. The molecule has 31 heavy (non-hydrogen) atoms. The van der Waals surface area contributed by atoms with Crippen molar-refractivity contribution in [1.82, 2.24) is 4.90 Å².